The lowest BCUT2D eigenvalue weighted by Gasteiger charge is -2.13. The molecule has 0 radical (unpaired) electrons. The van der Waals surface area contributed by atoms with Gasteiger partial charge in [-0.3, -0.25) is 4.68 Å². The summed E-state index contributed by atoms with van der Waals surface area (Å²) in [6, 6.07) is 10.7. The van der Waals surface area contributed by atoms with E-state index in [1.165, 1.54) is 16.7 Å². The first kappa shape index (κ1) is 20.6. The minimum Gasteiger partial charge on any atom is -0.480 e. The van der Waals surface area contributed by atoms with E-state index >= 15 is 0 Å². The van der Waals surface area contributed by atoms with Crippen molar-refractivity contribution in [1.82, 2.24) is 24.3 Å². The average Bonchev–Trinajstić information content (AvgIpc) is 3.35. The maximum atomic E-state index is 9.02. The molecule has 1 aromatic carbocycles. The molecule has 0 saturated heterocycles. The van der Waals surface area contributed by atoms with Gasteiger partial charge in [0.1, 0.15) is 0 Å². The highest BCUT2D eigenvalue weighted by Gasteiger charge is 2.14. The Hall–Kier alpha value is -3.66. The van der Waals surface area contributed by atoms with Gasteiger partial charge in [0.2, 0.25) is 5.88 Å². The molecule has 0 aliphatic heterocycles. The van der Waals surface area contributed by atoms with Crippen LogP contribution >= 0.6 is 0 Å². The second-order valence-electron chi connectivity index (χ2n) is 7.81. The summed E-state index contributed by atoms with van der Waals surface area (Å²) in [6.45, 7) is 2.09. The molecule has 7 heteroatoms. The zero-order valence-corrected chi connectivity index (χ0v) is 18.4. The van der Waals surface area contributed by atoms with Gasteiger partial charge < -0.3 is 9.30 Å². The minimum atomic E-state index is 0.511. The van der Waals surface area contributed by atoms with Gasteiger partial charge in [0.25, 0.3) is 0 Å². The number of ether oxygens (including phenoxy) is 1. The van der Waals surface area contributed by atoms with Crippen LogP contribution in [0.2, 0.25) is 0 Å². The van der Waals surface area contributed by atoms with Crippen LogP contribution in [-0.4, -0.2) is 31.4 Å². The lowest BCUT2D eigenvalue weighted by Crippen LogP contribution is -2.03. The molecular weight excluding hydrogens is 388 g/mol. The zero-order chi connectivity index (χ0) is 22.0. The van der Waals surface area contributed by atoms with Gasteiger partial charge in [0.15, 0.2) is 0 Å². The van der Waals surface area contributed by atoms with Gasteiger partial charge >= 0.3 is 0 Å². The highest BCUT2D eigenvalue weighted by atomic mass is 16.5. The number of nitriles is 1. The van der Waals surface area contributed by atoms with Gasteiger partial charge in [0, 0.05) is 37.7 Å². The van der Waals surface area contributed by atoms with Gasteiger partial charge in [-0.25, -0.2) is 9.97 Å². The van der Waals surface area contributed by atoms with E-state index in [0.717, 1.165) is 47.2 Å². The first-order valence-electron chi connectivity index (χ1n) is 10.3. The minimum absolute atomic E-state index is 0.511. The zero-order valence-electron chi connectivity index (χ0n) is 18.4. The third-order valence-electron chi connectivity index (χ3n) is 5.75. The third-order valence-corrected chi connectivity index (χ3v) is 5.75. The lowest BCUT2D eigenvalue weighted by molar-refractivity contribution is 0.392. The van der Waals surface area contributed by atoms with Crippen molar-refractivity contribution < 1.29 is 4.74 Å². The number of fused-ring (bicyclic) bond motifs is 1. The molecular formula is C24H26N6O. The summed E-state index contributed by atoms with van der Waals surface area (Å²) in [5.74, 6) is 0.627. The Morgan fingerprint density at radius 1 is 1.06 bits per heavy atom. The van der Waals surface area contributed by atoms with E-state index in [2.05, 4.69) is 41.3 Å². The maximum absolute atomic E-state index is 9.02. The number of aryl methyl sites for hydroxylation is 6. The van der Waals surface area contributed by atoms with E-state index in [1.54, 1.807) is 13.4 Å². The Balaban J connectivity index is 1.79. The summed E-state index contributed by atoms with van der Waals surface area (Å²) in [5, 5.41) is 14.5. The lowest BCUT2D eigenvalue weighted by atomic mass is 9.95. The molecule has 0 unspecified atom stereocenters. The molecule has 31 heavy (non-hydrogen) atoms. The molecule has 0 bridgehead atoms. The molecule has 0 N–H and O–H groups in total. The summed E-state index contributed by atoms with van der Waals surface area (Å²) in [4.78, 5) is 9.21. The normalized spacial score (nSPS) is 11.1. The summed E-state index contributed by atoms with van der Waals surface area (Å²) < 4.78 is 9.12. The number of benzene rings is 1. The molecule has 158 valence electrons. The monoisotopic (exact) mass is 414 g/mol. The number of rotatable bonds is 7. The summed E-state index contributed by atoms with van der Waals surface area (Å²) >= 11 is 0. The Morgan fingerprint density at radius 3 is 2.58 bits per heavy atom. The van der Waals surface area contributed by atoms with Crippen molar-refractivity contribution in [1.29, 1.82) is 5.26 Å². The summed E-state index contributed by atoms with van der Waals surface area (Å²) in [6.07, 6.45) is 6.57. The quantitative estimate of drug-likeness (QED) is 0.458. The Labute approximate surface area is 181 Å². The second kappa shape index (κ2) is 8.60. The molecule has 0 saturated carbocycles. The second-order valence-corrected chi connectivity index (χ2v) is 7.81. The Morgan fingerprint density at radius 2 is 1.90 bits per heavy atom. The first-order valence-corrected chi connectivity index (χ1v) is 10.3. The van der Waals surface area contributed by atoms with Gasteiger partial charge in [-0.1, -0.05) is 0 Å². The van der Waals surface area contributed by atoms with Crippen LogP contribution in [0.25, 0.3) is 22.3 Å². The molecule has 4 aromatic rings. The third kappa shape index (κ3) is 4.15. The van der Waals surface area contributed by atoms with Crippen LogP contribution < -0.4 is 4.74 Å². The number of hydrogen-bond donors (Lipinski definition) is 0. The largest absolute Gasteiger partial charge is 0.480 e. The van der Waals surface area contributed by atoms with Crippen molar-refractivity contribution in [3.05, 3.63) is 59.2 Å². The van der Waals surface area contributed by atoms with Crippen molar-refractivity contribution in [3.8, 4) is 23.3 Å². The molecule has 0 atom stereocenters. The predicted molar refractivity (Wildman–Crippen MR) is 120 cm³/mol. The van der Waals surface area contributed by atoms with E-state index in [0.29, 0.717) is 12.3 Å². The van der Waals surface area contributed by atoms with Crippen LogP contribution in [0.15, 0.2) is 36.8 Å². The van der Waals surface area contributed by atoms with E-state index < -0.39 is 0 Å². The number of nitrogens with zero attached hydrogens (tertiary/aromatic N) is 6. The molecule has 0 aliphatic carbocycles. The number of aromatic nitrogens is 5. The van der Waals surface area contributed by atoms with Crippen molar-refractivity contribution >= 4 is 10.9 Å². The van der Waals surface area contributed by atoms with E-state index in [-0.39, 0.29) is 0 Å². The fourth-order valence-corrected chi connectivity index (χ4v) is 3.97. The smallest absolute Gasteiger partial charge is 0.232 e. The van der Waals surface area contributed by atoms with Crippen LogP contribution in [-0.2, 0) is 33.4 Å². The number of hydrogen-bond acceptors (Lipinski definition) is 5. The SMILES string of the molecule is COc1cc(CCc2cc(-c3cncn3C)nc3cc(C)c(CCC#N)cc23)n(C)n1. The highest BCUT2D eigenvalue weighted by Crippen LogP contribution is 2.28. The number of imidazole rings is 1. The number of methoxy groups -OCH3 is 1. The first-order chi connectivity index (χ1) is 15.0. The Bertz CT molecular complexity index is 1280. The van der Waals surface area contributed by atoms with Crippen molar-refractivity contribution in [2.75, 3.05) is 7.11 Å². The van der Waals surface area contributed by atoms with E-state index in [4.69, 9.17) is 15.0 Å². The van der Waals surface area contributed by atoms with Crippen LogP contribution in [0.1, 0.15) is 28.8 Å². The number of pyridine rings is 1. The van der Waals surface area contributed by atoms with Crippen LogP contribution in [0, 0.1) is 18.3 Å². The topological polar surface area (TPSA) is 81.5 Å². The molecule has 4 rings (SSSR count). The molecule has 0 fully saturated rings. The van der Waals surface area contributed by atoms with Crippen molar-refractivity contribution in [2.45, 2.75) is 32.6 Å². The molecule has 0 spiro atoms. The fourth-order valence-electron chi connectivity index (χ4n) is 3.97. The van der Waals surface area contributed by atoms with Gasteiger partial charge in [-0.05, 0) is 61.1 Å². The summed E-state index contributed by atoms with van der Waals surface area (Å²) in [5.41, 5.74) is 7.56. The molecule has 7 nitrogen and oxygen atoms in total. The van der Waals surface area contributed by atoms with E-state index in [9.17, 15) is 0 Å². The standard InChI is InChI=1S/C24H26N6O/c1-16-10-21-20(11-17(16)6-5-9-25)18(7-8-19-13-24(31-4)28-30(19)3)12-22(27-21)23-14-26-15-29(23)2/h10-15H,5-8H2,1-4H3. The van der Waals surface area contributed by atoms with Gasteiger partial charge in [-0.2, -0.15) is 5.26 Å². The average molecular weight is 415 g/mol. The maximum Gasteiger partial charge on any atom is 0.232 e. The fraction of sp³-hybridized carbons (Fsp3) is 0.333. The molecule has 3 heterocycles. The molecule has 0 aliphatic rings. The molecule has 3 aromatic heterocycles. The highest BCUT2D eigenvalue weighted by molar-refractivity contribution is 5.86. The van der Waals surface area contributed by atoms with Crippen LogP contribution in [0.5, 0.6) is 5.88 Å². The van der Waals surface area contributed by atoms with Crippen LogP contribution in [0.4, 0.5) is 0 Å². The van der Waals surface area contributed by atoms with Gasteiger partial charge in [-0.15, -0.1) is 5.10 Å². The van der Waals surface area contributed by atoms with Crippen LogP contribution in [0.3, 0.4) is 0 Å². The molecule has 0 amide bonds. The van der Waals surface area contributed by atoms with Crippen molar-refractivity contribution in [2.24, 2.45) is 14.1 Å². The van der Waals surface area contributed by atoms with Gasteiger partial charge in [0.05, 0.1) is 42.6 Å². The van der Waals surface area contributed by atoms with E-state index in [1.807, 2.05) is 35.6 Å². The van der Waals surface area contributed by atoms with Crippen molar-refractivity contribution in [3.63, 3.8) is 0 Å². The Kier molecular flexibility index (Phi) is 5.72. The summed E-state index contributed by atoms with van der Waals surface area (Å²) in [7, 11) is 5.55. The predicted octanol–water partition coefficient (Wildman–Crippen LogP) is 3.93.